The van der Waals surface area contributed by atoms with Gasteiger partial charge >= 0.3 is 6.18 Å². The summed E-state index contributed by atoms with van der Waals surface area (Å²) in [6.45, 7) is 82.0. The molecule has 0 aromatic carbocycles. The lowest BCUT2D eigenvalue weighted by atomic mass is 9.75. The molecule has 0 aromatic heterocycles. The molecule has 20 nitrogen and oxygen atoms in total. The van der Waals surface area contributed by atoms with Gasteiger partial charge in [-0.2, -0.15) is 13.2 Å². The molecule has 17 heterocycles. The van der Waals surface area contributed by atoms with E-state index in [1.807, 2.05) is 0 Å². The maximum atomic E-state index is 12.6. The SMILES string of the molecule is C.CC(C)N1CCC2CCCCC2C1.CC(C)N1CCCC2CCCCC21.CC(C)N1CCCC2CCCOC21.CC(C)N1CCCC2CNCCC21.CC(C)N1CCCC2COCCC21.CC(C)N1CCCC2OCCC21.CC(C)N1CCN(CC(F)(F)F)C2CCCCC21.CC(C)N1CCN2CCCC2C1.CC(C)N1CCN2CCCCC2C1.CC(C)N1CCNC2CCCCC21.CC(C)N1CCOC2CCCCC21. The average Bonchev–Trinajstić information content (AvgIpc) is 1.18. The number of hydrogen-bond acceptors (Lipinski definition) is 20. The van der Waals surface area contributed by atoms with Crippen molar-refractivity contribution in [1.82, 2.24) is 79.2 Å². The smallest absolute Gasteiger partial charge is 0.381 e. The minimum absolute atomic E-state index is 0. The summed E-state index contributed by atoms with van der Waals surface area (Å²) in [5.74, 6) is 5.76. The number of likely N-dealkylation sites (tertiary alicyclic amines) is 6. The van der Waals surface area contributed by atoms with Crippen LogP contribution in [0, 0.1) is 35.5 Å². The van der Waals surface area contributed by atoms with E-state index in [4.69, 9.17) is 18.9 Å². The van der Waals surface area contributed by atoms with Gasteiger partial charge in [0.25, 0.3) is 0 Å². The molecule has 20 unspecified atom stereocenters. The zero-order valence-corrected chi connectivity index (χ0v) is 99.2. The molecular formula is C124H241F3N16O4. The van der Waals surface area contributed by atoms with Gasteiger partial charge in [0.05, 0.1) is 32.0 Å². The van der Waals surface area contributed by atoms with Crippen LogP contribution in [0.4, 0.5) is 13.2 Å². The second-order valence-corrected chi connectivity index (χ2v) is 53.0. The van der Waals surface area contributed by atoms with Crippen LogP contribution in [0.15, 0.2) is 0 Å². The standard InChI is InChI=1S/C13H23F3N2.2C12H23N.3C11H22N2.3C11H21NO.C10H20N2.C10H19NO.CH4/c1-10(2)18-8-7-17(9-13(14,15)16)11-5-3-4-6-12(11)18;1-10(2)13-9-5-7-11-6-3-4-8-12(11)13;1-10(2)13-8-7-11-5-3-4-6-12(11)9-13;1-9(2)13-7-3-4-10-8-12-6-5-11(10)13;1-10(2)13-8-7-12-6-4-3-5-11(12)9-13;1-9(2)13-8-7-12-10-5-3-4-6-11(10)13;1-9(2)12-7-3-5-10-6-4-8-13-11(10)12;1-9(2)12-6-3-4-10-8-13-7-5-11(10)12;1-9(2)12-7-8-13-11-6-4-3-5-10(11)12;1-9(2)12-7-6-11-5-3-4-10(11)8-12;1-8(2)11-6-3-4-10-9(11)5-7-12-10;/h10-12H,3-9H2,1-2H3;2*10-12H,3-9H2,1-2H3;9-12H,3-8H2,1-2H3;10-11H,3-9H2,1-2H3;9-12H,3-8H2,1-2H3;3*9-11H,3-8H2,1-2H3;9-10H,3-8H2,1-2H3;8-10H,3-7H2,1-2H3;1H4. The van der Waals surface area contributed by atoms with Crippen molar-refractivity contribution in [2.75, 3.05) is 184 Å². The van der Waals surface area contributed by atoms with Crippen LogP contribution < -0.4 is 10.6 Å². The quantitative estimate of drug-likeness (QED) is 0.193. The van der Waals surface area contributed by atoms with E-state index in [1.54, 1.807) is 4.90 Å². The topological polar surface area (TPSA) is 106 Å². The number of nitrogens with one attached hydrogen (secondary N) is 2. The zero-order chi connectivity index (χ0) is 105. The van der Waals surface area contributed by atoms with Crippen molar-refractivity contribution >= 4 is 0 Å². The van der Waals surface area contributed by atoms with Crippen LogP contribution in [0.1, 0.15) is 423 Å². The summed E-state index contributed by atoms with van der Waals surface area (Å²) in [4.78, 5) is 36.0. The number of morpholine rings is 1. The summed E-state index contributed by atoms with van der Waals surface area (Å²) in [5.41, 5.74) is 0. The van der Waals surface area contributed by atoms with Crippen molar-refractivity contribution in [1.29, 1.82) is 0 Å². The number of fused-ring (bicyclic) bond motifs is 11. The Morgan fingerprint density at radius 2 is 0.667 bits per heavy atom. The maximum Gasteiger partial charge on any atom is 0.401 e. The van der Waals surface area contributed by atoms with E-state index < -0.39 is 12.7 Å². The minimum atomic E-state index is -4.07. The van der Waals surface area contributed by atoms with Crippen LogP contribution in [0.5, 0.6) is 0 Å². The largest absolute Gasteiger partial charge is 0.401 e. The molecule has 2 N–H and O–H groups in total. The van der Waals surface area contributed by atoms with Crippen LogP contribution in [-0.2, 0) is 18.9 Å². The van der Waals surface area contributed by atoms with Crippen molar-refractivity contribution in [3.63, 3.8) is 0 Å². The number of halogens is 3. The minimum Gasteiger partial charge on any atom is -0.381 e. The summed E-state index contributed by atoms with van der Waals surface area (Å²) in [6.07, 6.45) is 53.8. The Hall–Kier alpha value is -1.01. The fourth-order valence-electron chi connectivity index (χ4n) is 31.9. The molecule has 0 radical (unpaired) electrons. The van der Waals surface area contributed by atoms with Crippen molar-refractivity contribution in [2.45, 2.75) is 581 Å². The van der Waals surface area contributed by atoms with Gasteiger partial charge in [-0.05, 0) is 433 Å². The highest BCUT2D eigenvalue weighted by Gasteiger charge is 2.47. The van der Waals surface area contributed by atoms with E-state index in [1.165, 1.54) is 362 Å². The van der Waals surface area contributed by atoms with E-state index in [0.29, 0.717) is 61.2 Å². The fraction of sp³-hybridized carbons (Fsp3) is 1.00. The lowest BCUT2D eigenvalue weighted by Crippen LogP contribution is -2.63. The molecule has 0 aromatic rings. The molecule has 17 saturated heterocycles. The monoisotopic (exact) mass is 2080 g/mol. The van der Waals surface area contributed by atoms with Crippen LogP contribution >= 0.6 is 0 Å². The first-order chi connectivity index (χ1) is 70.2. The highest BCUT2D eigenvalue weighted by molar-refractivity contribution is 5.01. The normalized spacial score (nSPS) is 34.9. The molecule has 0 amide bonds. The summed E-state index contributed by atoms with van der Waals surface area (Å²) < 4.78 is 60.7. The molecule has 23 heteroatoms. The Morgan fingerprint density at radius 3 is 1.27 bits per heavy atom. The van der Waals surface area contributed by atoms with Crippen LogP contribution in [0.3, 0.4) is 0 Å². The van der Waals surface area contributed by atoms with Gasteiger partial charge in [0.2, 0.25) is 0 Å². The number of piperidine rings is 8. The van der Waals surface area contributed by atoms with Gasteiger partial charge in [-0.3, -0.25) is 63.7 Å². The number of ether oxygens (including phenoxy) is 4. The van der Waals surface area contributed by atoms with Gasteiger partial charge in [-0.1, -0.05) is 84.5 Å². The number of piperazine rings is 4. The van der Waals surface area contributed by atoms with E-state index in [2.05, 4.69) is 227 Å². The molecular weight excluding hydrogens is 1830 g/mol. The second-order valence-electron chi connectivity index (χ2n) is 53.0. The number of nitrogens with zero attached hydrogens (tertiary/aromatic N) is 14. The average molecular weight is 2080 g/mol. The first-order valence-electron chi connectivity index (χ1n) is 63.6. The van der Waals surface area contributed by atoms with Gasteiger partial charge < -0.3 is 34.5 Å². The Kier molecular flexibility index (Phi) is 55.8. The predicted molar refractivity (Wildman–Crippen MR) is 615 cm³/mol. The predicted octanol–water partition coefficient (Wildman–Crippen LogP) is 23.1. The van der Waals surface area contributed by atoms with Crippen molar-refractivity contribution in [2.24, 2.45) is 35.5 Å². The molecule has 862 valence electrons. The maximum absolute atomic E-state index is 12.6. The van der Waals surface area contributed by atoms with Crippen LogP contribution in [0.2, 0.25) is 0 Å². The Bertz CT molecular complexity index is 3090. The van der Waals surface area contributed by atoms with Crippen molar-refractivity contribution in [3.05, 3.63) is 0 Å². The molecule has 17 aliphatic heterocycles. The molecule has 20 atom stereocenters. The summed E-state index contributed by atoms with van der Waals surface area (Å²) in [6, 6.07) is 15.6. The third-order valence-corrected chi connectivity index (χ3v) is 40.0. The number of rotatable bonds is 12. The van der Waals surface area contributed by atoms with Gasteiger partial charge in [-0.15, -0.1) is 0 Å². The van der Waals surface area contributed by atoms with Gasteiger partial charge in [0.15, 0.2) is 0 Å². The van der Waals surface area contributed by atoms with E-state index in [9.17, 15) is 13.2 Å². The molecule has 5 aliphatic carbocycles. The summed E-state index contributed by atoms with van der Waals surface area (Å²) >= 11 is 0. The fourth-order valence-corrected chi connectivity index (χ4v) is 31.9. The summed E-state index contributed by atoms with van der Waals surface area (Å²) in [5, 5.41) is 7.18. The van der Waals surface area contributed by atoms with E-state index in [-0.39, 0.29) is 13.5 Å². The third-order valence-electron chi connectivity index (χ3n) is 40.0. The number of hydrogen-bond donors (Lipinski definition) is 2. The molecule has 147 heavy (non-hydrogen) atoms. The molecule has 0 bridgehead atoms. The molecule has 22 aliphatic rings. The molecule has 22 fully saturated rings. The molecule has 0 spiro atoms. The summed E-state index contributed by atoms with van der Waals surface area (Å²) in [7, 11) is 0. The van der Waals surface area contributed by atoms with Crippen molar-refractivity contribution < 1.29 is 32.1 Å². The lowest BCUT2D eigenvalue weighted by molar-refractivity contribution is -0.163. The number of alkyl halides is 3. The first kappa shape index (κ1) is 126. The van der Waals surface area contributed by atoms with E-state index >= 15 is 0 Å². The Morgan fingerprint density at radius 1 is 0.259 bits per heavy atom. The molecule has 22 rings (SSSR count). The van der Waals surface area contributed by atoms with Crippen LogP contribution in [0.25, 0.3) is 0 Å². The highest BCUT2D eigenvalue weighted by atomic mass is 19.4. The lowest BCUT2D eigenvalue weighted by Gasteiger charge is -2.51. The third kappa shape index (κ3) is 38.6. The Balaban J connectivity index is 0.000000154. The van der Waals surface area contributed by atoms with Crippen molar-refractivity contribution in [3.8, 4) is 0 Å². The second kappa shape index (κ2) is 65.0. The highest BCUT2D eigenvalue weighted by Crippen LogP contribution is 2.42. The molecule has 5 saturated carbocycles. The van der Waals surface area contributed by atoms with E-state index in [0.717, 1.165) is 198 Å². The zero-order valence-electron chi connectivity index (χ0n) is 99.2. The Labute approximate surface area is 905 Å². The van der Waals surface area contributed by atoms with Crippen LogP contribution in [-0.4, -0.2) is 410 Å². The van der Waals surface area contributed by atoms with Gasteiger partial charge in [0.1, 0.15) is 6.23 Å². The van der Waals surface area contributed by atoms with Gasteiger partial charge in [-0.25, -0.2) is 0 Å². The van der Waals surface area contributed by atoms with Gasteiger partial charge in [0, 0.05) is 238 Å². The first-order valence-corrected chi connectivity index (χ1v) is 63.6.